The minimum absolute atomic E-state index is 0.186. The lowest BCUT2D eigenvalue weighted by Crippen LogP contribution is -2.21. The second-order valence-electron chi connectivity index (χ2n) is 4.40. The van der Waals surface area contributed by atoms with Gasteiger partial charge in [-0.05, 0) is 36.6 Å². The van der Waals surface area contributed by atoms with Crippen molar-refractivity contribution >= 4 is 0 Å². The molecule has 0 unspecified atom stereocenters. The van der Waals surface area contributed by atoms with Crippen molar-refractivity contribution in [3.05, 3.63) is 52.7 Å². The van der Waals surface area contributed by atoms with Gasteiger partial charge in [0.25, 0.3) is 5.56 Å². The molecule has 0 aromatic carbocycles. The second kappa shape index (κ2) is 4.11. The van der Waals surface area contributed by atoms with Gasteiger partial charge in [-0.2, -0.15) is 5.26 Å². The van der Waals surface area contributed by atoms with Crippen LogP contribution in [-0.2, 0) is 0 Å². The van der Waals surface area contributed by atoms with E-state index >= 15 is 0 Å². The first-order valence-electron chi connectivity index (χ1n) is 5.87. The SMILES string of the molecule is N#Cc1c(-c2ccncc2)ccn(C2CC2)c1=O. The third-order valence-corrected chi connectivity index (χ3v) is 3.16. The molecule has 4 heteroatoms. The predicted octanol–water partition coefficient (Wildman–Crippen LogP) is 2.12. The molecule has 0 N–H and O–H groups in total. The normalized spacial score (nSPS) is 14.2. The molecule has 3 rings (SSSR count). The Morgan fingerprint density at radius 1 is 1.28 bits per heavy atom. The molecular weight excluding hydrogens is 226 g/mol. The number of hydrogen-bond donors (Lipinski definition) is 0. The lowest BCUT2D eigenvalue weighted by Gasteiger charge is -2.08. The maximum Gasteiger partial charge on any atom is 0.269 e. The van der Waals surface area contributed by atoms with Gasteiger partial charge in [0.05, 0.1) is 0 Å². The van der Waals surface area contributed by atoms with E-state index < -0.39 is 0 Å². The van der Waals surface area contributed by atoms with Crippen LogP contribution in [0.15, 0.2) is 41.6 Å². The summed E-state index contributed by atoms with van der Waals surface area (Å²) in [5.74, 6) is 0. The summed E-state index contributed by atoms with van der Waals surface area (Å²) in [7, 11) is 0. The van der Waals surface area contributed by atoms with Crippen LogP contribution >= 0.6 is 0 Å². The van der Waals surface area contributed by atoms with Crippen molar-refractivity contribution in [2.45, 2.75) is 18.9 Å². The first-order chi connectivity index (χ1) is 8.81. The van der Waals surface area contributed by atoms with Gasteiger partial charge in [-0.3, -0.25) is 9.78 Å². The highest BCUT2D eigenvalue weighted by Crippen LogP contribution is 2.34. The van der Waals surface area contributed by atoms with Gasteiger partial charge < -0.3 is 4.57 Å². The first-order valence-corrected chi connectivity index (χ1v) is 5.87. The van der Waals surface area contributed by atoms with Crippen LogP contribution in [0.3, 0.4) is 0 Å². The average Bonchev–Trinajstić information content (AvgIpc) is 3.23. The van der Waals surface area contributed by atoms with Crippen LogP contribution in [0.4, 0.5) is 0 Å². The van der Waals surface area contributed by atoms with Gasteiger partial charge in [0.15, 0.2) is 0 Å². The molecule has 4 nitrogen and oxygen atoms in total. The van der Waals surface area contributed by atoms with Gasteiger partial charge in [0.2, 0.25) is 0 Å². The number of rotatable bonds is 2. The summed E-state index contributed by atoms with van der Waals surface area (Å²) < 4.78 is 1.67. The number of hydrogen-bond acceptors (Lipinski definition) is 3. The van der Waals surface area contributed by atoms with E-state index in [1.807, 2.05) is 12.1 Å². The van der Waals surface area contributed by atoms with Gasteiger partial charge in [-0.25, -0.2) is 0 Å². The summed E-state index contributed by atoms with van der Waals surface area (Å²) >= 11 is 0. The Kier molecular flexibility index (Phi) is 2.45. The summed E-state index contributed by atoms with van der Waals surface area (Å²) in [4.78, 5) is 16.1. The van der Waals surface area contributed by atoms with Gasteiger partial charge in [0.1, 0.15) is 11.6 Å². The Labute approximate surface area is 104 Å². The van der Waals surface area contributed by atoms with Crippen molar-refractivity contribution in [1.29, 1.82) is 5.26 Å². The molecule has 0 bridgehead atoms. The van der Waals surface area contributed by atoms with E-state index in [-0.39, 0.29) is 17.2 Å². The minimum Gasteiger partial charge on any atom is -0.311 e. The van der Waals surface area contributed by atoms with Crippen molar-refractivity contribution in [2.24, 2.45) is 0 Å². The predicted molar refractivity (Wildman–Crippen MR) is 66.9 cm³/mol. The lowest BCUT2D eigenvalue weighted by molar-refractivity contribution is 0.705. The van der Waals surface area contributed by atoms with E-state index in [2.05, 4.69) is 4.98 Å². The molecular formula is C14H11N3O. The molecule has 1 aliphatic rings. The number of aromatic nitrogens is 2. The van der Waals surface area contributed by atoms with Crippen LogP contribution in [0.1, 0.15) is 24.4 Å². The molecule has 88 valence electrons. The Bertz CT molecular complexity index is 678. The van der Waals surface area contributed by atoms with Crippen molar-refractivity contribution in [1.82, 2.24) is 9.55 Å². The van der Waals surface area contributed by atoms with E-state index in [4.69, 9.17) is 0 Å². The van der Waals surface area contributed by atoms with Crippen LogP contribution in [0, 0.1) is 11.3 Å². The average molecular weight is 237 g/mol. The van der Waals surface area contributed by atoms with Gasteiger partial charge in [-0.15, -0.1) is 0 Å². The summed E-state index contributed by atoms with van der Waals surface area (Å²) in [6.07, 6.45) is 7.15. The Balaban J connectivity index is 2.20. The van der Waals surface area contributed by atoms with Crippen molar-refractivity contribution in [2.75, 3.05) is 0 Å². The Hall–Kier alpha value is -2.41. The van der Waals surface area contributed by atoms with Crippen LogP contribution in [0.5, 0.6) is 0 Å². The fourth-order valence-electron chi connectivity index (χ4n) is 2.07. The van der Waals surface area contributed by atoms with Crippen molar-refractivity contribution < 1.29 is 0 Å². The first kappa shape index (κ1) is 10.7. The minimum atomic E-state index is -0.186. The van der Waals surface area contributed by atoms with Gasteiger partial charge >= 0.3 is 0 Å². The summed E-state index contributed by atoms with van der Waals surface area (Å²) in [5, 5.41) is 9.21. The third kappa shape index (κ3) is 1.70. The zero-order chi connectivity index (χ0) is 12.5. The quantitative estimate of drug-likeness (QED) is 0.803. The standard InChI is InChI=1S/C14H11N3O/c15-9-13-12(10-3-6-16-7-4-10)5-8-17(14(13)18)11-1-2-11/h3-8,11H,1-2H2. The molecule has 2 heterocycles. The van der Waals surface area contributed by atoms with E-state index in [0.717, 1.165) is 18.4 Å². The molecule has 18 heavy (non-hydrogen) atoms. The molecule has 0 radical (unpaired) electrons. The lowest BCUT2D eigenvalue weighted by atomic mass is 10.0. The highest BCUT2D eigenvalue weighted by Gasteiger charge is 2.25. The van der Waals surface area contributed by atoms with Crippen LogP contribution in [-0.4, -0.2) is 9.55 Å². The van der Waals surface area contributed by atoms with Crippen molar-refractivity contribution in [3.8, 4) is 17.2 Å². The summed E-state index contributed by atoms with van der Waals surface area (Å²) in [6.45, 7) is 0. The Morgan fingerprint density at radius 3 is 2.61 bits per heavy atom. The van der Waals surface area contributed by atoms with Crippen molar-refractivity contribution in [3.63, 3.8) is 0 Å². The molecule has 0 atom stereocenters. The van der Waals surface area contributed by atoms with Crippen LogP contribution in [0.25, 0.3) is 11.1 Å². The number of nitrogens with zero attached hydrogens (tertiary/aromatic N) is 3. The van der Waals surface area contributed by atoms with E-state index in [0.29, 0.717) is 5.56 Å². The molecule has 2 aromatic heterocycles. The van der Waals surface area contributed by atoms with Crippen LogP contribution in [0.2, 0.25) is 0 Å². The number of nitriles is 1. The van der Waals surface area contributed by atoms with Gasteiger partial charge in [0, 0.05) is 30.2 Å². The highest BCUT2D eigenvalue weighted by molar-refractivity contribution is 5.69. The van der Waals surface area contributed by atoms with E-state index in [1.165, 1.54) is 0 Å². The van der Waals surface area contributed by atoms with Crippen LogP contribution < -0.4 is 5.56 Å². The fraction of sp³-hybridized carbons (Fsp3) is 0.214. The fourth-order valence-corrected chi connectivity index (χ4v) is 2.07. The molecule has 0 saturated heterocycles. The van der Waals surface area contributed by atoms with E-state index in [9.17, 15) is 10.1 Å². The number of pyridine rings is 2. The zero-order valence-corrected chi connectivity index (χ0v) is 9.71. The second-order valence-corrected chi connectivity index (χ2v) is 4.40. The van der Waals surface area contributed by atoms with E-state index in [1.54, 1.807) is 35.3 Å². The maximum atomic E-state index is 12.2. The summed E-state index contributed by atoms with van der Waals surface area (Å²) in [6, 6.07) is 7.77. The topological polar surface area (TPSA) is 58.7 Å². The molecule has 1 aliphatic carbocycles. The Morgan fingerprint density at radius 2 is 2.00 bits per heavy atom. The highest BCUT2D eigenvalue weighted by atomic mass is 16.1. The molecule has 1 fully saturated rings. The van der Waals surface area contributed by atoms with Gasteiger partial charge in [-0.1, -0.05) is 0 Å². The molecule has 1 saturated carbocycles. The molecule has 2 aromatic rings. The molecule has 0 spiro atoms. The maximum absolute atomic E-state index is 12.2. The summed E-state index contributed by atoms with van der Waals surface area (Å²) in [5.41, 5.74) is 1.56. The molecule has 0 aliphatic heterocycles. The zero-order valence-electron chi connectivity index (χ0n) is 9.71. The monoisotopic (exact) mass is 237 g/mol. The third-order valence-electron chi connectivity index (χ3n) is 3.16. The smallest absolute Gasteiger partial charge is 0.269 e. The largest absolute Gasteiger partial charge is 0.311 e. The molecule has 0 amide bonds.